The van der Waals surface area contributed by atoms with Crippen LogP contribution in [0.15, 0.2) is 0 Å². The standard InChI is InChI=1S/2C4H8N2O3.Au/c2*1-2(3(7)8)6-4(5)9;/h2*2H,1H3,(H,7,8)(H3,5,6,9);/q;;+2/p-2. The quantitative estimate of drug-likeness (QED) is 0.307. The Morgan fingerprint density at radius 1 is 0.842 bits per heavy atom. The van der Waals surface area contributed by atoms with Gasteiger partial charge >= 0.3 is 34.4 Å². The van der Waals surface area contributed by atoms with E-state index in [4.69, 9.17) is 0 Å². The Morgan fingerprint density at radius 2 is 1.05 bits per heavy atom. The van der Waals surface area contributed by atoms with E-state index in [1.807, 2.05) is 10.6 Å². The molecule has 1 radical (unpaired) electrons. The minimum Gasteiger partial charge on any atom is -0.548 e. The number of carboxylic acid groups (broad SMARTS) is 2. The van der Waals surface area contributed by atoms with E-state index in [1.165, 1.54) is 13.8 Å². The first-order chi connectivity index (χ1) is 8.07. The van der Waals surface area contributed by atoms with Gasteiger partial charge < -0.3 is 41.9 Å². The van der Waals surface area contributed by atoms with Crippen LogP contribution in [-0.4, -0.2) is 36.1 Å². The maximum Gasteiger partial charge on any atom is 2.00 e. The topological polar surface area (TPSA) is 190 Å². The summed E-state index contributed by atoms with van der Waals surface area (Å²) >= 11 is 0. The van der Waals surface area contributed by atoms with Gasteiger partial charge in [0.1, 0.15) is 0 Å². The van der Waals surface area contributed by atoms with Gasteiger partial charge in [-0.3, -0.25) is 0 Å². The molecule has 0 aliphatic rings. The second-order valence-electron chi connectivity index (χ2n) is 3.10. The van der Waals surface area contributed by atoms with Gasteiger partial charge in [-0.15, -0.1) is 0 Å². The molecule has 0 aromatic carbocycles. The third-order valence-corrected chi connectivity index (χ3v) is 1.42. The number of hydrogen-bond donors (Lipinski definition) is 4. The van der Waals surface area contributed by atoms with E-state index in [-0.39, 0.29) is 22.4 Å². The first kappa shape index (κ1) is 22.4. The number of rotatable bonds is 4. The molecule has 0 spiro atoms. The Kier molecular flexibility index (Phi) is 13.3. The fourth-order valence-electron chi connectivity index (χ4n) is 0.545. The SMILES string of the molecule is CC(NC(N)=O)C(=O)[O-].CC(NC(N)=O)C(=O)[O-].[Au+2]. The zero-order valence-electron chi connectivity index (χ0n) is 10.1. The van der Waals surface area contributed by atoms with Crippen LogP contribution in [0.3, 0.4) is 0 Å². The Labute approximate surface area is 124 Å². The summed E-state index contributed by atoms with van der Waals surface area (Å²) < 4.78 is 0. The van der Waals surface area contributed by atoms with Crippen LogP contribution in [0.5, 0.6) is 0 Å². The van der Waals surface area contributed by atoms with Crippen LogP contribution in [0, 0.1) is 0 Å². The van der Waals surface area contributed by atoms with E-state index in [1.54, 1.807) is 0 Å². The van der Waals surface area contributed by atoms with Crippen molar-refractivity contribution >= 4 is 24.0 Å². The number of nitrogens with one attached hydrogen (secondary N) is 2. The first-order valence-corrected chi connectivity index (χ1v) is 4.61. The Bertz CT molecular complexity index is 305. The van der Waals surface area contributed by atoms with E-state index >= 15 is 0 Å². The smallest absolute Gasteiger partial charge is 0.548 e. The number of carboxylic acids is 2. The molecule has 2 atom stereocenters. The molecule has 0 saturated heterocycles. The Hall–Kier alpha value is -1.78. The van der Waals surface area contributed by atoms with E-state index in [0.717, 1.165) is 0 Å². The molecular weight excluding hydrogens is 445 g/mol. The van der Waals surface area contributed by atoms with Gasteiger partial charge in [0.2, 0.25) is 0 Å². The summed E-state index contributed by atoms with van der Waals surface area (Å²) in [4.78, 5) is 39.6. The zero-order valence-corrected chi connectivity index (χ0v) is 12.2. The number of urea groups is 2. The van der Waals surface area contributed by atoms with Gasteiger partial charge in [0, 0.05) is 0 Å². The van der Waals surface area contributed by atoms with Crippen LogP contribution in [0.1, 0.15) is 13.8 Å². The molecule has 113 valence electrons. The zero-order chi connectivity index (χ0) is 14.9. The summed E-state index contributed by atoms with van der Waals surface area (Å²) in [6, 6.07) is -3.79. The number of amides is 4. The van der Waals surface area contributed by atoms with Crippen molar-refractivity contribution in [3.8, 4) is 0 Å². The van der Waals surface area contributed by atoms with E-state index in [9.17, 15) is 29.4 Å². The average Bonchev–Trinajstić information content (AvgIpc) is 2.16. The first-order valence-electron chi connectivity index (χ1n) is 4.61. The van der Waals surface area contributed by atoms with Crippen molar-refractivity contribution in [3.63, 3.8) is 0 Å². The van der Waals surface area contributed by atoms with Crippen molar-refractivity contribution in [2.45, 2.75) is 25.9 Å². The molecule has 0 aliphatic heterocycles. The second-order valence-corrected chi connectivity index (χ2v) is 3.10. The van der Waals surface area contributed by atoms with Gasteiger partial charge in [0.05, 0.1) is 24.0 Å². The molecule has 0 saturated carbocycles. The molecular formula is C8H14AuN4O6. The van der Waals surface area contributed by atoms with Crippen LogP contribution in [0.4, 0.5) is 9.59 Å². The van der Waals surface area contributed by atoms with Crippen LogP contribution in [0.2, 0.25) is 0 Å². The van der Waals surface area contributed by atoms with Gasteiger partial charge in [0.15, 0.2) is 0 Å². The number of primary amides is 2. The van der Waals surface area contributed by atoms with Crippen molar-refractivity contribution < 1.29 is 51.8 Å². The second kappa shape index (κ2) is 11.3. The van der Waals surface area contributed by atoms with E-state index < -0.39 is 36.1 Å². The molecule has 2 unspecified atom stereocenters. The van der Waals surface area contributed by atoms with Crippen molar-refractivity contribution in [1.82, 2.24) is 10.6 Å². The molecule has 0 bridgehead atoms. The third-order valence-electron chi connectivity index (χ3n) is 1.42. The molecule has 10 nitrogen and oxygen atoms in total. The number of carbonyl (C=O) groups is 4. The summed E-state index contributed by atoms with van der Waals surface area (Å²) in [6.07, 6.45) is 0. The van der Waals surface area contributed by atoms with E-state index in [2.05, 4.69) is 11.5 Å². The van der Waals surface area contributed by atoms with Crippen molar-refractivity contribution in [3.05, 3.63) is 0 Å². The fraction of sp³-hybridized carbons (Fsp3) is 0.500. The van der Waals surface area contributed by atoms with Gasteiger partial charge in [0.25, 0.3) is 0 Å². The molecule has 6 N–H and O–H groups in total. The molecule has 0 fully saturated rings. The van der Waals surface area contributed by atoms with Gasteiger partial charge in [-0.1, -0.05) is 0 Å². The van der Waals surface area contributed by atoms with Gasteiger partial charge in [-0.25, -0.2) is 9.59 Å². The van der Waals surface area contributed by atoms with Gasteiger partial charge in [-0.05, 0) is 13.8 Å². The monoisotopic (exact) mass is 459 g/mol. The molecule has 0 heterocycles. The minimum absolute atomic E-state index is 0. The maximum absolute atomic E-state index is 9.93. The summed E-state index contributed by atoms with van der Waals surface area (Å²) in [7, 11) is 0. The number of nitrogens with two attached hydrogens (primary N) is 2. The minimum atomic E-state index is -1.35. The fourth-order valence-corrected chi connectivity index (χ4v) is 0.545. The predicted octanol–water partition coefficient (Wildman–Crippen LogP) is -4.42. The Morgan fingerprint density at radius 3 is 1.11 bits per heavy atom. The molecule has 4 amide bonds. The molecule has 19 heavy (non-hydrogen) atoms. The summed E-state index contributed by atoms with van der Waals surface area (Å²) in [5, 5.41) is 23.5. The van der Waals surface area contributed by atoms with Crippen molar-refractivity contribution in [2.24, 2.45) is 11.5 Å². The van der Waals surface area contributed by atoms with Crippen LogP contribution < -0.4 is 32.3 Å². The third kappa shape index (κ3) is 16.2. The Balaban J connectivity index is -0.000000256. The molecule has 0 aliphatic carbocycles. The largest absolute Gasteiger partial charge is 2.00 e. The number of aliphatic carboxylic acids is 2. The summed E-state index contributed by atoms with van der Waals surface area (Å²) in [5.41, 5.74) is 9.18. The van der Waals surface area contributed by atoms with Crippen molar-refractivity contribution in [1.29, 1.82) is 0 Å². The van der Waals surface area contributed by atoms with Crippen LogP contribution in [-0.2, 0) is 32.0 Å². The van der Waals surface area contributed by atoms with Gasteiger partial charge in [-0.2, -0.15) is 0 Å². The van der Waals surface area contributed by atoms with Crippen molar-refractivity contribution in [2.75, 3.05) is 0 Å². The van der Waals surface area contributed by atoms with Crippen LogP contribution >= 0.6 is 0 Å². The molecule has 0 aromatic heterocycles. The average molecular weight is 459 g/mol. The maximum atomic E-state index is 9.93. The van der Waals surface area contributed by atoms with E-state index in [0.29, 0.717) is 0 Å². The predicted molar refractivity (Wildman–Crippen MR) is 54.4 cm³/mol. The number of hydrogen-bond acceptors (Lipinski definition) is 6. The summed E-state index contributed by atoms with van der Waals surface area (Å²) in [6.45, 7) is 2.53. The number of carbonyl (C=O) groups excluding carboxylic acids is 4. The molecule has 11 heteroatoms. The van der Waals surface area contributed by atoms with Crippen LogP contribution in [0.25, 0.3) is 0 Å². The molecule has 0 aromatic rings. The normalized spacial score (nSPS) is 11.5. The molecule has 0 rings (SSSR count). The summed E-state index contributed by atoms with van der Waals surface area (Å²) in [5.74, 6) is -2.71.